The number of aromatic nitrogens is 2. The first-order valence-electron chi connectivity index (χ1n) is 5.66. The lowest BCUT2D eigenvalue weighted by Crippen LogP contribution is -2.38. The van der Waals surface area contributed by atoms with Crippen LogP contribution in [0.3, 0.4) is 0 Å². The molecule has 6 nitrogen and oxygen atoms in total. The van der Waals surface area contributed by atoms with Gasteiger partial charge in [-0.2, -0.15) is 0 Å². The average molecular weight is 258 g/mol. The first kappa shape index (κ1) is 13.9. The van der Waals surface area contributed by atoms with E-state index >= 15 is 0 Å². The zero-order valence-corrected chi connectivity index (χ0v) is 10.9. The highest BCUT2D eigenvalue weighted by Gasteiger charge is 2.09. The highest BCUT2D eigenvalue weighted by atomic mass is 32.1. The Morgan fingerprint density at radius 1 is 1.53 bits per heavy atom. The molecule has 0 aliphatic carbocycles. The van der Waals surface area contributed by atoms with Gasteiger partial charge in [-0.05, 0) is 13.3 Å². The highest BCUT2D eigenvalue weighted by molar-refractivity contribution is 7.15. The average Bonchev–Trinajstić information content (AvgIpc) is 2.73. The summed E-state index contributed by atoms with van der Waals surface area (Å²) in [4.78, 5) is 11.4. The van der Waals surface area contributed by atoms with Gasteiger partial charge in [0.15, 0.2) is 0 Å². The van der Waals surface area contributed by atoms with E-state index in [2.05, 4.69) is 27.8 Å². The Hall–Kier alpha value is -1.21. The third-order valence-corrected chi connectivity index (χ3v) is 2.98. The first-order chi connectivity index (χ1) is 8.15. The highest BCUT2D eigenvalue weighted by Crippen LogP contribution is 2.16. The van der Waals surface area contributed by atoms with Crippen LogP contribution >= 0.6 is 11.3 Å². The van der Waals surface area contributed by atoms with E-state index in [1.165, 1.54) is 11.3 Å². The van der Waals surface area contributed by atoms with Crippen molar-refractivity contribution < 1.29 is 9.90 Å². The van der Waals surface area contributed by atoms with Crippen LogP contribution in [0.4, 0.5) is 9.93 Å². The van der Waals surface area contributed by atoms with Gasteiger partial charge in [0.05, 0.1) is 12.6 Å². The van der Waals surface area contributed by atoms with E-state index in [0.29, 0.717) is 5.13 Å². The molecule has 1 aromatic heterocycles. The van der Waals surface area contributed by atoms with Gasteiger partial charge in [0, 0.05) is 6.42 Å². The molecule has 1 heterocycles. The van der Waals surface area contributed by atoms with E-state index in [0.717, 1.165) is 24.3 Å². The lowest BCUT2D eigenvalue weighted by Gasteiger charge is -2.09. The minimum absolute atomic E-state index is 0.0920. The lowest BCUT2D eigenvalue weighted by atomic mass is 10.3. The molecule has 0 saturated carbocycles. The fourth-order valence-electron chi connectivity index (χ4n) is 1.14. The fraction of sp³-hybridized carbons (Fsp3) is 0.700. The number of hydrogen-bond acceptors (Lipinski definition) is 5. The van der Waals surface area contributed by atoms with Gasteiger partial charge in [0.25, 0.3) is 0 Å². The zero-order valence-electron chi connectivity index (χ0n) is 10.1. The van der Waals surface area contributed by atoms with Crippen LogP contribution in [-0.4, -0.2) is 34.0 Å². The van der Waals surface area contributed by atoms with Gasteiger partial charge >= 0.3 is 6.03 Å². The predicted octanol–water partition coefficient (Wildman–Crippen LogP) is 1.38. The molecule has 96 valence electrons. The maximum atomic E-state index is 11.4. The molecule has 0 fully saturated rings. The number of aliphatic hydroxyl groups excluding tert-OH is 1. The summed E-state index contributed by atoms with van der Waals surface area (Å²) in [6.07, 6.45) is 3.07. The summed E-state index contributed by atoms with van der Waals surface area (Å²) in [5, 5.41) is 23.2. The molecule has 1 aromatic rings. The first-order valence-corrected chi connectivity index (χ1v) is 6.48. The molecular formula is C10H18N4O2S. The SMILES string of the molecule is CCCCc1nnc(NC(=O)N[C@@H](C)CO)s1. The van der Waals surface area contributed by atoms with Gasteiger partial charge in [-0.15, -0.1) is 10.2 Å². The number of nitrogens with one attached hydrogen (secondary N) is 2. The molecule has 2 amide bonds. The molecule has 1 rings (SSSR count). The van der Waals surface area contributed by atoms with Crippen molar-refractivity contribution in [2.45, 2.75) is 39.2 Å². The predicted molar refractivity (Wildman–Crippen MR) is 67.2 cm³/mol. The maximum absolute atomic E-state index is 11.4. The zero-order chi connectivity index (χ0) is 12.7. The van der Waals surface area contributed by atoms with Gasteiger partial charge in [-0.3, -0.25) is 5.32 Å². The smallest absolute Gasteiger partial charge is 0.321 e. The molecule has 0 aliphatic rings. The normalized spacial score (nSPS) is 12.2. The van der Waals surface area contributed by atoms with Gasteiger partial charge in [0.2, 0.25) is 5.13 Å². The second-order valence-electron chi connectivity index (χ2n) is 3.79. The molecule has 7 heteroatoms. The topological polar surface area (TPSA) is 87.1 Å². The Morgan fingerprint density at radius 3 is 2.94 bits per heavy atom. The molecule has 0 radical (unpaired) electrons. The van der Waals surface area contributed by atoms with Crippen LogP contribution in [0.25, 0.3) is 0 Å². The minimum Gasteiger partial charge on any atom is -0.394 e. The molecule has 0 spiro atoms. The van der Waals surface area contributed by atoms with Gasteiger partial charge < -0.3 is 10.4 Å². The van der Waals surface area contributed by atoms with E-state index in [1.54, 1.807) is 6.92 Å². The molecule has 0 aromatic carbocycles. The number of aliphatic hydroxyl groups is 1. The summed E-state index contributed by atoms with van der Waals surface area (Å²) in [5.74, 6) is 0. The summed E-state index contributed by atoms with van der Waals surface area (Å²) < 4.78 is 0. The van der Waals surface area contributed by atoms with Crippen molar-refractivity contribution in [1.82, 2.24) is 15.5 Å². The molecular weight excluding hydrogens is 240 g/mol. The number of carbonyl (C=O) groups excluding carboxylic acids is 1. The number of aryl methyl sites for hydroxylation is 1. The van der Waals surface area contributed by atoms with Crippen LogP contribution in [0.2, 0.25) is 0 Å². The molecule has 17 heavy (non-hydrogen) atoms. The number of hydrogen-bond donors (Lipinski definition) is 3. The van der Waals surface area contributed by atoms with Crippen molar-refractivity contribution in [2.75, 3.05) is 11.9 Å². The Labute approximate surface area is 104 Å². The molecule has 0 bridgehead atoms. The molecule has 3 N–H and O–H groups in total. The van der Waals surface area contributed by atoms with Crippen molar-refractivity contribution in [1.29, 1.82) is 0 Å². The van der Waals surface area contributed by atoms with E-state index in [1.807, 2.05) is 0 Å². The van der Waals surface area contributed by atoms with Crippen molar-refractivity contribution in [2.24, 2.45) is 0 Å². The van der Waals surface area contributed by atoms with Crippen LogP contribution in [0.15, 0.2) is 0 Å². The second kappa shape index (κ2) is 7.18. The van der Waals surface area contributed by atoms with Crippen molar-refractivity contribution in [3.63, 3.8) is 0 Å². The van der Waals surface area contributed by atoms with Crippen molar-refractivity contribution in [3.05, 3.63) is 5.01 Å². The largest absolute Gasteiger partial charge is 0.394 e. The third kappa shape index (κ3) is 5.10. The van der Waals surface area contributed by atoms with Crippen molar-refractivity contribution in [3.8, 4) is 0 Å². The van der Waals surface area contributed by atoms with E-state index in [-0.39, 0.29) is 18.7 Å². The molecule has 0 unspecified atom stereocenters. The van der Waals surface area contributed by atoms with Crippen LogP contribution in [0.1, 0.15) is 31.7 Å². The maximum Gasteiger partial charge on any atom is 0.321 e. The fourth-order valence-corrected chi connectivity index (χ4v) is 1.91. The number of carbonyl (C=O) groups is 1. The number of amides is 2. The van der Waals surface area contributed by atoms with Gasteiger partial charge in [0.1, 0.15) is 5.01 Å². The monoisotopic (exact) mass is 258 g/mol. The quantitative estimate of drug-likeness (QED) is 0.719. The summed E-state index contributed by atoms with van der Waals surface area (Å²) in [6, 6.07) is -0.646. The van der Waals surface area contributed by atoms with Crippen LogP contribution < -0.4 is 10.6 Å². The van der Waals surface area contributed by atoms with E-state index < -0.39 is 0 Å². The Bertz CT molecular complexity index is 356. The Kier molecular flexibility index (Phi) is 5.85. The number of anilines is 1. The van der Waals surface area contributed by atoms with Crippen LogP contribution in [0, 0.1) is 0 Å². The number of nitrogens with zero attached hydrogens (tertiary/aromatic N) is 2. The molecule has 1 atom stereocenters. The van der Waals surface area contributed by atoms with E-state index in [9.17, 15) is 4.79 Å². The third-order valence-electron chi connectivity index (χ3n) is 2.08. The van der Waals surface area contributed by atoms with Gasteiger partial charge in [-0.1, -0.05) is 24.7 Å². The number of rotatable bonds is 6. The summed E-state index contributed by atoms with van der Waals surface area (Å²) in [5.41, 5.74) is 0. The number of urea groups is 1. The Balaban J connectivity index is 2.40. The standard InChI is InChI=1S/C10H18N4O2S/c1-3-4-5-8-13-14-10(17-8)12-9(16)11-7(2)6-15/h7,15H,3-6H2,1-2H3,(H2,11,12,14,16)/t7-/m0/s1. The lowest BCUT2D eigenvalue weighted by molar-refractivity contribution is 0.229. The minimum atomic E-state index is -0.371. The van der Waals surface area contributed by atoms with Crippen molar-refractivity contribution >= 4 is 22.5 Å². The van der Waals surface area contributed by atoms with Gasteiger partial charge in [-0.25, -0.2) is 4.79 Å². The van der Waals surface area contributed by atoms with Crippen LogP contribution in [0.5, 0.6) is 0 Å². The number of unbranched alkanes of at least 4 members (excludes halogenated alkanes) is 1. The van der Waals surface area contributed by atoms with Crippen LogP contribution in [-0.2, 0) is 6.42 Å². The summed E-state index contributed by atoms with van der Waals surface area (Å²) in [6.45, 7) is 3.74. The second-order valence-corrected chi connectivity index (χ2v) is 4.85. The summed E-state index contributed by atoms with van der Waals surface area (Å²) >= 11 is 1.38. The van der Waals surface area contributed by atoms with E-state index in [4.69, 9.17) is 5.11 Å². The molecule has 0 aliphatic heterocycles. The summed E-state index contributed by atoms with van der Waals surface area (Å²) in [7, 11) is 0. The Morgan fingerprint density at radius 2 is 2.29 bits per heavy atom. The molecule has 0 saturated heterocycles.